The van der Waals surface area contributed by atoms with Gasteiger partial charge in [-0.05, 0) is 30.9 Å². The van der Waals surface area contributed by atoms with E-state index < -0.39 is 15.1 Å². The Labute approximate surface area is 142 Å². The normalized spacial score (nSPS) is 26.3. The molecule has 0 saturated heterocycles. The van der Waals surface area contributed by atoms with Gasteiger partial charge in [-0.3, -0.25) is 4.79 Å². The summed E-state index contributed by atoms with van der Waals surface area (Å²) in [5, 5.41) is -0.397. The molecule has 7 heteroatoms. The number of rotatable bonds is 4. The van der Waals surface area contributed by atoms with Crippen molar-refractivity contribution in [2.24, 2.45) is 5.92 Å². The van der Waals surface area contributed by atoms with Crippen molar-refractivity contribution in [3.05, 3.63) is 23.8 Å². The molecule has 0 aromatic heterocycles. The van der Waals surface area contributed by atoms with Crippen LogP contribution in [0.1, 0.15) is 24.8 Å². The quantitative estimate of drug-likeness (QED) is 0.767. The lowest BCUT2D eigenvalue weighted by molar-refractivity contribution is -0.155. The van der Waals surface area contributed by atoms with Crippen LogP contribution in [0.3, 0.4) is 0 Å². The Bertz CT molecular complexity index is 727. The van der Waals surface area contributed by atoms with Crippen molar-refractivity contribution < 1.29 is 27.4 Å². The SMILES string of the molecule is COc1ccc2c(c1)OC[C@H](C(=O)O[C@@H]1CC[C@H](S(C)(=O)=O)C1)C2. The molecule has 1 aliphatic heterocycles. The molecule has 6 nitrogen and oxygen atoms in total. The van der Waals surface area contributed by atoms with Gasteiger partial charge in [-0.25, -0.2) is 8.42 Å². The first-order valence-corrected chi connectivity index (χ1v) is 10.0. The van der Waals surface area contributed by atoms with Crippen LogP contribution in [-0.2, 0) is 25.8 Å². The van der Waals surface area contributed by atoms with Gasteiger partial charge in [0.05, 0.1) is 18.3 Å². The minimum Gasteiger partial charge on any atom is -0.497 e. The molecule has 1 heterocycles. The van der Waals surface area contributed by atoms with Crippen molar-refractivity contribution in [3.8, 4) is 11.5 Å². The summed E-state index contributed by atoms with van der Waals surface area (Å²) in [6.07, 6.45) is 3.04. The highest BCUT2D eigenvalue weighted by Gasteiger charge is 2.36. The lowest BCUT2D eigenvalue weighted by Crippen LogP contribution is -2.32. The van der Waals surface area contributed by atoms with Crippen LogP contribution in [0.5, 0.6) is 11.5 Å². The molecule has 0 unspecified atom stereocenters. The number of benzene rings is 1. The Kier molecular flexibility index (Phi) is 4.71. The molecule has 132 valence electrons. The van der Waals surface area contributed by atoms with E-state index in [1.54, 1.807) is 7.11 Å². The third-order valence-electron chi connectivity index (χ3n) is 4.74. The van der Waals surface area contributed by atoms with E-state index in [1.165, 1.54) is 6.26 Å². The van der Waals surface area contributed by atoms with Gasteiger partial charge in [0.15, 0.2) is 0 Å². The lowest BCUT2D eigenvalue weighted by Gasteiger charge is -2.25. The summed E-state index contributed by atoms with van der Waals surface area (Å²) in [7, 11) is -1.48. The molecule has 2 aliphatic rings. The molecule has 3 atom stereocenters. The van der Waals surface area contributed by atoms with E-state index >= 15 is 0 Å². The molecule has 0 N–H and O–H groups in total. The molecule has 0 amide bonds. The molecular weight excluding hydrogens is 332 g/mol. The average molecular weight is 354 g/mol. The van der Waals surface area contributed by atoms with Crippen LogP contribution in [-0.4, -0.2) is 45.7 Å². The molecule has 0 radical (unpaired) electrons. The van der Waals surface area contributed by atoms with Crippen molar-refractivity contribution in [2.75, 3.05) is 20.0 Å². The van der Waals surface area contributed by atoms with Gasteiger partial charge in [0.25, 0.3) is 0 Å². The van der Waals surface area contributed by atoms with Crippen LogP contribution < -0.4 is 9.47 Å². The second-order valence-corrected chi connectivity index (χ2v) is 8.83. The summed E-state index contributed by atoms with van der Waals surface area (Å²) >= 11 is 0. The van der Waals surface area contributed by atoms with Crippen LogP contribution in [0.2, 0.25) is 0 Å². The van der Waals surface area contributed by atoms with Gasteiger partial charge < -0.3 is 14.2 Å². The summed E-state index contributed by atoms with van der Waals surface area (Å²) in [6, 6.07) is 5.54. The van der Waals surface area contributed by atoms with E-state index in [2.05, 4.69) is 0 Å². The van der Waals surface area contributed by atoms with Crippen LogP contribution in [0.4, 0.5) is 0 Å². The van der Waals surface area contributed by atoms with Gasteiger partial charge in [0, 0.05) is 18.7 Å². The summed E-state index contributed by atoms with van der Waals surface area (Å²) < 4.78 is 39.5. The van der Waals surface area contributed by atoms with Crippen molar-refractivity contribution in [2.45, 2.75) is 37.0 Å². The first-order valence-electron chi connectivity index (χ1n) is 8.06. The Balaban J connectivity index is 1.59. The van der Waals surface area contributed by atoms with Crippen molar-refractivity contribution in [3.63, 3.8) is 0 Å². The highest BCUT2D eigenvalue weighted by atomic mass is 32.2. The molecular formula is C17H22O6S. The van der Waals surface area contributed by atoms with Crippen LogP contribution >= 0.6 is 0 Å². The Hall–Kier alpha value is -1.76. The van der Waals surface area contributed by atoms with Gasteiger partial charge in [0.1, 0.15) is 34.0 Å². The highest BCUT2D eigenvalue weighted by molar-refractivity contribution is 7.91. The second-order valence-electron chi connectivity index (χ2n) is 6.51. The zero-order valence-electron chi connectivity index (χ0n) is 13.9. The summed E-state index contributed by atoms with van der Waals surface area (Å²) in [4.78, 5) is 12.4. The molecule has 0 spiro atoms. The predicted octanol–water partition coefficient (Wildman–Crippen LogP) is 1.76. The lowest BCUT2D eigenvalue weighted by atomic mass is 9.96. The molecule has 1 aromatic rings. The van der Waals surface area contributed by atoms with E-state index in [-0.39, 0.29) is 24.6 Å². The molecule has 1 aromatic carbocycles. The second kappa shape index (κ2) is 6.63. The van der Waals surface area contributed by atoms with Gasteiger partial charge in [-0.1, -0.05) is 6.07 Å². The number of hydrogen-bond donors (Lipinski definition) is 0. The molecule has 24 heavy (non-hydrogen) atoms. The fourth-order valence-corrected chi connectivity index (χ4v) is 4.42. The Morgan fingerprint density at radius 3 is 2.75 bits per heavy atom. The van der Waals surface area contributed by atoms with Crippen molar-refractivity contribution >= 4 is 15.8 Å². The minimum atomic E-state index is -3.07. The van der Waals surface area contributed by atoms with Crippen molar-refractivity contribution in [1.29, 1.82) is 0 Å². The zero-order chi connectivity index (χ0) is 17.3. The molecule has 3 rings (SSSR count). The number of ether oxygens (including phenoxy) is 3. The fourth-order valence-electron chi connectivity index (χ4n) is 3.29. The maximum Gasteiger partial charge on any atom is 0.313 e. The summed E-state index contributed by atoms with van der Waals surface area (Å²) in [6.45, 7) is 0.265. The van der Waals surface area contributed by atoms with Crippen molar-refractivity contribution in [1.82, 2.24) is 0 Å². The number of methoxy groups -OCH3 is 1. The third kappa shape index (κ3) is 3.66. The van der Waals surface area contributed by atoms with Crippen LogP contribution in [0, 0.1) is 5.92 Å². The number of esters is 1. The van der Waals surface area contributed by atoms with Gasteiger partial charge >= 0.3 is 5.97 Å². The monoisotopic (exact) mass is 354 g/mol. The molecule has 1 aliphatic carbocycles. The maximum atomic E-state index is 12.4. The van der Waals surface area contributed by atoms with E-state index in [9.17, 15) is 13.2 Å². The van der Waals surface area contributed by atoms with Gasteiger partial charge in [0.2, 0.25) is 0 Å². The molecule has 1 fully saturated rings. The predicted molar refractivity (Wildman–Crippen MR) is 88.0 cm³/mol. The first kappa shape index (κ1) is 17.1. The van der Waals surface area contributed by atoms with Gasteiger partial charge in [-0.15, -0.1) is 0 Å². The largest absolute Gasteiger partial charge is 0.497 e. The third-order valence-corrected chi connectivity index (χ3v) is 6.38. The first-order chi connectivity index (χ1) is 11.4. The topological polar surface area (TPSA) is 78.9 Å². The number of fused-ring (bicyclic) bond motifs is 1. The van der Waals surface area contributed by atoms with E-state index in [0.29, 0.717) is 31.4 Å². The number of sulfone groups is 1. The number of hydrogen-bond acceptors (Lipinski definition) is 6. The Morgan fingerprint density at radius 2 is 2.08 bits per heavy atom. The average Bonchev–Trinajstić information content (AvgIpc) is 3.02. The van der Waals surface area contributed by atoms with Gasteiger partial charge in [-0.2, -0.15) is 0 Å². The fraction of sp³-hybridized carbons (Fsp3) is 0.588. The zero-order valence-corrected chi connectivity index (χ0v) is 14.7. The Morgan fingerprint density at radius 1 is 1.29 bits per heavy atom. The standard InChI is InChI=1S/C17H22O6S/c1-21-13-4-3-11-7-12(10-22-16(11)9-13)17(18)23-14-5-6-15(8-14)24(2,19)20/h3-4,9,12,14-15H,5-8,10H2,1-2H3/t12-,14-,15+/m1/s1. The maximum absolute atomic E-state index is 12.4. The highest BCUT2D eigenvalue weighted by Crippen LogP contribution is 2.33. The number of carbonyl (C=O) groups is 1. The van der Waals surface area contributed by atoms with Crippen LogP contribution in [0.25, 0.3) is 0 Å². The minimum absolute atomic E-state index is 0.265. The number of carbonyl (C=O) groups excluding carboxylic acids is 1. The molecule has 1 saturated carbocycles. The summed E-state index contributed by atoms with van der Waals surface area (Å²) in [5.74, 6) is 0.780. The van der Waals surface area contributed by atoms with E-state index in [1.807, 2.05) is 18.2 Å². The molecule has 0 bridgehead atoms. The smallest absolute Gasteiger partial charge is 0.313 e. The summed E-state index contributed by atoms with van der Waals surface area (Å²) in [5.41, 5.74) is 0.949. The van der Waals surface area contributed by atoms with Crippen LogP contribution in [0.15, 0.2) is 18.2 Å². The van der Waals surface area contributed by atoms with E-state index in [4.69, 9.17) is 14.2 Å². The van der Waals surface area contributed by atoms with E-state index in [0.717, 1.165) is 11.3 Å².